The summed E-state index contributed by atoms with van der Waals surface area (Å²) in [5, 5.41) is 9.08. The number of hydrogen-bond acceptors (Lipinski definition) is 4. The highest BCUT2D eigenvalue weighted by atomic mass is 19.1. The Kier molecular flexibility index (Phi) is 5.54. The van der Waals surface area contributed by atoms with Crippen LogP contribution >= 0.6 is 0 Å². The first-order chi connectivity index (χ1) is 10.2. The lowest BCUT2D eigenvalue weighted by Gasteiger charge is -2.12. The molecule has 0 fully saturated rings. The first-order valence-corrected chi connectivity index (χ1v) is 7.29. The summed E-state index contributed by atoms with van der Waals surface area (Å²) in [5.41, 5.74) is 0.937. The average Bonchev–Trinajstić information content (AvgIpc) is 2.99. The van der Waals surface area contributed by atoms with Gasteiger partial charge in [-0.15, -0.1) is 0 Å². The number of carbonyl (C=O) groups excluding carboxylic acids is 1. The summed E-state index contributed by atoms with van der Waals surface area (Å²) < 4.78 is 13.4. The molecule has 0 saturated carbocycles. The number of nitrogens with one attached hydrogen (secondary N) is 3. The van der Waals surface area contributed by atoms with Crippen LogP contribution in [0.25, 0.3) is 0 Å². The van der Waals surface area contributed by atoms with Crippen LogP contribution in [0.2, 0.25) is 0 Å². The Hall–Kier alpha value is -2.11. The van der Waals surface area contributed by atoms with E-state index in [1.807, 2.05) is 0 Å². The lowest BCUT2D eigenvalue weighted by atomic mass is 10.1. The number of nitrogens with zero attached hydrogens (tertiary/aromatic N) is 1. The first kappa shape index (κ1) is 15.3. The van der Waals surface area contributed by atoms with Crippen LogP contribution in [-0.2, 0) is 0 Å². The average molecular weight is 292 g/mol. The quantitative estimate of drug-likeness (QED) is 0.671. The minimum Gasteiger partial charge on any atom is -0.377 e. The van der Waals surface area contributed by atoms with E-state index in [0.29, 0.717) is 24.3 Å². The highest BCUT2D eigenvalue weighted by Crippen LogP contribution is 2.17. The second-order valence-corrected chi connectivity index (χ2v) is 4.91. The topological polar surface area (TPSA) is 65.5 Å². The largest absolute Gasteiger partial charge is 0.377 e. The number of halogens is 1. The molecule has 1 aromatic carbocycles. The molecule has 0 spiro atoms. The maximum absolute atomic E-state index is 13.4. The Morgan fingerprint density at radius 3 is 3.05 bits per heavy atom. The Morgan fingerprint density at radius 1 is 1.48 bits per heavy atom. The molecule has 5 nitrogen and oxygen atoms in total. The van der Waals surface area contributed by atoms with Gasteiger partial charge >= 0.3 is 0 Å². The number of aliphatic imine (C=N–C) groups is 1. The molecule has 1 aromatic rings. The molecule has 21 heavy (non-hydrogen) atoms. The molecular weight excluding hydrogens is 271 g/mol. The van der Waals surface area contributed by atoms with Gasteiger partial charge in [0.1, 0.15) is 11.7 Å². The van der Waals surface area contributed by atoms with Crippen molar-refractivity contribution in [3.8, 4) is 0 Å². The summed E-state index contributed by atoms with van der Waals surface area (Å²) in [7, 11) is 0. The molecule has 1 aliphatic rings. The SMILES string of the molecule is CCCCNC(=O)c1cc(F)ccc1NCC1=NCCN1. The van der Waals surface area contributed by atoms with Crippen molar-refractivity contribution in [1.29, 1.82) is 0 Å². The van der Waals surface area contributed by atoms with E-state index in [1.54, 1.807) is 6.07 Å². The van der Waals surface area contributed by atoms with Gasteiger partial charge in [-0.05, 0) is 24.6 Å². The van der Waals surface area contributed by atoms with E-state index in [0.717, 1.165) is 31.8 Å². The molecule has 0 saturated heterocycles. The van der Waals surface area contributed by atoms with Gasteiger partial charge in [-0.2, -0.15) is 0 Å². The van der Waals surface area contributed by atoms with E-state index in [-0.39, 0.29) is 5.91 Å². The van der Waals surface area contributed by atoms with Gasteiger partial charge < -0.3 is 16.0 Å². The van der Waals surface area contributed by atoms with Crippen LogP contribution in [0.4, 0.5) is 10.1 Å². The zero-order valence-electron chi connectivity index (χ0n) is 12.2. The predicted octanol–water partition coefficient (Wildman–Crippen LogP) is 1.77. The number of unbranched alkanes of at least 4 members (excludes halogenated alkanes) is 1. The van der Waals surface area contributed by atoms with Crippen molar-refractivity contribution >= 4 is 17.4 Å². The summed E-state index contributed by atoms with van der Waals surface area (Å²) in [5.74, 6) is 0.181. The third-order valence-corrected chi connectivity index (χ3v) is 3.23. The van der Waals surface area contributed by atoms with Gasteiger partial charge in [0.15, 0.2) is 0 Å². The lowest BCUT2D eigenvalue weighted by molar-refractivity contribution is 0.0953. The van der Waals surface area contributed by atoms with Crippen LogP contribution in [-0.4, -0.2) is 37.9 Å². The minimum absolute atomic E-state index is 0.258. The molecule has 6 heteroatoms. The van der Waals surface area contributed by atoms with Crippen molar-refractivity contribution in [2.75, 3.05) is 31.5 Å². The number of carbonyl (C=O) groups is 1. The van der Waals surface area contributed by atoms with Gasteiger partial charge in [0.25, 0.3) is 5.91 Å². The second kappa shape index (κ2) is 7.61. The van der Waals surface area contributed by atoms with Crippen molar-refractivity contribution in [3.05, 3.63) is 29.6 Å². The third kappa shape index (κ3) is 4.44. The van der Waals surface area contributed by atoms with E-state index >= 15 is 0 Å². The Balaban J connectivity index is 2.03. The van der Waals surface area contributed by atoms with Crippen LogP contribution in [0.3, 0.4) is 0 Å². The molecule has 1 aliphatic heterocycles. The monoisotopic (exact) mass is 292 g/mol. The fraction of sp³-hybridized carbons (Fsp3) is 0.467. The summed E-state index contributed by atoms with van der Waals surface area (Å²) >= 11 is 0. The fourth-order valence-electron chi connectivity index (χ4n) is 2.08. The summed E-state index contributed by atoms with van der Waals surface area (Å²) in [4.78, 5) is 16.4. The molecule has 2 rings (SSSR count). The van der Waals surface area contributed by atoms with Crippen LogP contribution in [0.15, 0.2) is 23.2 Å². The van der Waals surface area contributed by atoms with Crippen molar-refractivity contribution in [2.24, 2.45) is 4.99 Å². The van der Waals surface area contributed by atoms with Crippen molar-refractivity contribution in [2.45, 2.75) is 19.8 Å². The second-order valence-electron chi connectivity index (χ2n) is 4.91. The van der Waals surface area contributed by atoms with Crippen LogP contribution < -0.4 is 16.0 Å². The normalized spacial score (nSPS) is 13.5. The van der Waals surface area contributed by atoms with E-state index < -0.39 is 5.82 Å². The van der Waals surface area contributed by atoms with Gasteiger partial charge in [-0.3, -0.25) is 9.79 Å². The highest BCUT2D eigenvalue weighted by Gasteiger charge is 2.13. The summed E-state index contributed by atoms with van der Waals surface area (Å²) in [6.45, 7) is 4.76. The van der Waals surface area contributed by atoms with Gasteiger partial charge in [0.2, 0.25) is 0 Å². The first-order valence-electron chi connectivity index (χ1n) is 7.29. The van der Waals surface area contributed by atoms with E-state index in [4.69, 9.17) is 0 Å². The zero-order chi connectivity index (χ0) is 15.1. The van der Waals surface area contributed by atoms with Gasteiger partial charge in [-0.1, -0.05) is 13.3 Å². The number of rotatable bonds is 7. The molecule has 0 atom stereocenters. The van der Waals surface area contributed by atoms with E-state index in [1.165, 1.54) is 12.1 Å². The number of amidine groups is 1. The van der Waals surface area contributed by atoms with Gasteiger partial charge in [-0.25, -0.2) is 4.39 Å². The maximum Gasteiger partial charge on any atom is 0.253 e. The number of anilines is 1. The molecule has 0 bridgehead atoms. The molecule has 1 heterocycles. The predicted molar refractivity (Wildman–Crippen MR) is 82.4 cm³/mol. The maximum atomic E-state index is 13.4. The molecule has 3 N–H and O–H groups in total. The van der Waals surface area contributed by atoms with Gasteiger partial charge in [0.05, 0.1) is 18.7 Å². The lowest BCUT2D eigenvalue weighted by Crippen LogP contribution is -2.28. The number of hydrogen-bond donors (Lipinski definition) is 3. The Morgan fingerprint density at radius 2 is 2.33 bits per heavy atom. The molecule has 0 aliphatic carbocycles. The molecule has 114 valence electrons. The molecule has 1 amide bonds. The molecule has 0 unspecified atom stereocenters. The van der Waals surface area contributed by atoms with Crippen molar-refractivity contribution < 1.29 is 9.18 Å². The minimum atomic E-state index is -0.419. The van der Waals surface area contributed by atoms with E-state index in [2.05, 4.69) is 27.9 Å². The molecular formula is C15H21FN4O. The Bertz CT molecular complexity index is 530. The van der Waals surface area contributed by atoms with Crippen LogP contribution in [0, 0.1) is 5.82 Å². The molecule has 0 radical (unpaired) electrons. The fourth-order valence-corrected chi connectivity index (χ4v) is 2.08. The molecule has 0 aromatic heterocycles. The standard InChI is InChI=1S/C15H21FN4O/c1-2-3-6-19-15(21)12-9-11(16)4-5-13(12)20-10-14-17-7-8-18-14/h4-5,9,20H,2-3,6-8,10H2,1H3,(H,17,18)(H,19,21). The summed E-state index contributed by atoms with van der Waals surface area (Å²) in [6.07, 6.45) is 1.91. The number of amides is 1. The van der Waals surface area contributed by atoms with Gasteiger partial charge in [0, 0.05) is 18.8 Å². The number of benzene rings is 1. The van der Waals surface area contributed by atoms with Crippen molar-refractivity contribution in [3.63, 3.8) is 0 Å². The zero-order valence-corrected chi connectivity index (χ0v) is 12.2. The van der Waals surface area contributed by atoms with Crippen LogP contribution in [0.5, 0.6) is 0 Å². The third-order valence-electron chi connectivity index (χ3n) is 3.23. The van der Waals surface area contributed by atoms with E-state index in [9.17, 15) is 9.18 Å². The van der Waals surface area contributed by atoms with Crippen molar-refractivity contribution in [1.82, 2.24) is 10.6 Å². The van der Waals surface area contributed by atoms with Crippen LogP contribution in [0.1, 0.15) is 30.1 Å². The smallest absolute Gasteiger partial charge is 0.253 e. The summed E-state index contributed by atoms with van der Waals surface area (Å²) in [6, 6.07) is 4.18. The Labute approximate surface area is 124 Å². The highest BCUT2D eigenvalue weighted by molar-refractivity contribution is 6.00.